The first-order valence-corrected chi connectivity index (χ1v) is 9.88. The first-order chi connectivity index (χ1) is 13.6. The van der Waals surface area contributed by atoms with Crippen LogP contribution in [0.2, 0.25) is 0 Å². The van der Waals surface area contributed by atoms with Gasteiger partial charge in [-0.3, -0.25) is 4.79 Å². The number of benzene rings is 2. The number of fused-ring (bicyclic) bond motifs is 1. The summed E-state index contributed by atoms with van der Waals surface area (Å²) in [6, 6.07) is 16.4. The first kappa shape index (κ1) is 19.7. The largest absolute Gasteiger partial charge is 0.386 e. The molecule has 1 aliphatic carbocycles. The Morgan fingerprint density at radius 3 is 2.71 bits per heavy atom. The first-order valence-electron chi connectivity index (χ1n) is 9.88. The van der Waals surface area contributed by atoms with Gasteiger partial charge in [-0.05, 0) is 61.8 Å². The van der Waals surface area contributed by atoms with Gasteiger partial charge in [-0.1, -0.05) is 48.0 Å². The van der Waals surface area contributed by atoms with Gasteiger partial charge in [0.05, 0.1) is 6.04 Å². The highest BCUT2D eigenvalue weighted by atomic mass is 16.1. The van der Waals surface area contributed by atoms with E-state index in [1.807, 2.05) is 38.1 Å². The predicted octanol–water partition coefficient (Wildman–Crippen LogP) is 4.25. The minimum atomic E-state index is -0.357. The molecule has 0 fully saturated rings. The molecule has 1 aliphatic rings. The summed E-state index contributed by atoms with van der Waals surface area (Å²) in [5.41, 5.74) is 6.26. The van der Waals surface area contributed by atoms with Crippen LogP contribution in [-0.4, -0.2) is 5.91 Å². The standard InChI is InChI=1S/C24H27N3O/c1-17-6-5-7-19(12-17)15-26-16-23(14-25)24(28)27-18(2)21-11-10-20-8-3-4-9-22(20)13-21/h5-7,10-13,16,18,26H,3-4,8-9,15H2,1-2H3,(H,27,28)/b23-16-. The van der Waals surface area contributed by atoms with E-state index < -0.39 is 0 Å². The lowest BCUT2D eigenvalue weighted by Crippen LogP contribution is -2.28. The van der Waals surface area contributed by atoms with Crippen LogP contribution in [0.15, 0.2) is 54.2 Å². The van der Waals surface area contributed by atoms with Crippen molar-refractivity contribution in [3.8, 4) is 6.07 Å². The molecule has 144 valence electrons. The van der Waals surface area contributed by atoms with Crippen LogP contribution in [-0.2, 0) is 24.2 Å². The number of hydrogen-bond acceptors (Lipinski definition) is 3. The Hall–Kier alpha value is -3.06. The van der Waals surface area contributed by atoms with Gasteiger partial charge in [0.2, 0.25) is 0 Å². The van der Waals surface area contributed by atoms with Gasteiger partial charge in [0, 0.05) is 12.7 Å². The highest BCUT2D eigenvalue weighted by Gasteiger charge is 2.16. The number of carbonyl (C=O) groups excluding carboxylic acids is 1. The molecule has 0 spiro atoms. The molecule has 1 atom stereocenters. The lowest BCUT2D eigenvalue weighted by atomic mass is 9.89. The van der Waals surface area contributed by atoms with Crippen molar-refractivity contribution >= 4 is 5.91 Å². The van der Waals surface area contributed by atoms with Gasteiger partial charge in [-0.25, -0.2) is 0 Å². The number of nitrogens with zero attached hydrogens (tertiary/aromatic N) is 1. The quantitative estimate of drug-likeness (QED) is 0.588. The molecular weight excluding hydrogens is 346 g/mol. The SMILES string of the molecule is Cc1cccc(CN/C=C(/C#N)C(=O)NC(C)c2ccc3c(c2)CCCC3)c1. The average Bonchev–Trinajstić information content (AvgIpc) is 2.70. The van der Waals surface area contributed by atoms with Crippen molar-refractivity contribution in [2.24, 2.45) is 0 Å². The second-order valence-corrected chi connectivity index (χ2v) is 7.47. The third kappa shape index (κ3) is 5.01. The zero-order valence-electron chi connectivity index (χ0n) is 16.6. The summed E-state index contributed by atoms with van der Waals surface area (Å²) in [5, 5.41) is 15.4. The molecule has 28 heavy (non-hydrogen) atoms. The summed E-state index contributed by atoms with van der Waals surface area (Å²) in [4.78, 5) is 12.5. The molecule has 4 nitrogen and oxygen atoms in total. The number of amides is 1. The Morgan fingerprint density at radius 1 is 1.18 bits per heavy atom. The van der Waals surface area contributed by atoms with Crippen molar-refractivity contribution in [3.63, 3.8) is 0 Å². The van der Waals surface area contributed by atoms with E-state index in [0.717, 1.165) is 24.0 Å². The second kappa shape index (κ2) is 9.23. The van der Waals surface area contributed by atoms with E-state index in [1.54, 1.807) is 0 Å². The summed E-state index contributed by atoms with van der Waals surface area (Å²) in [7, 11) is 0. The number of carbonyl (C=O) groups is 1. The summed E-state index contributed by atoms with van der Waals surface area (Å²) in [6.45, 7) is 4.56. The Morgan fingerprint density at radius 2 is 1.96 bits per heavy atom. The van der Waals surface area contributed by atoms with Gasteiger partial charge in [0.1, 0.15) is 11.6 Å². The molecule has 0 bridgehead atoms. The fourth-order valence-electron chi connectivity index (χ4n) is 3.62. The molecule has 1 unspecified atom stereocenters. The van der Waals surface area contributed by atoms with Crippen molar-refractivity contribution in [1.82, 2.24) is 10.6 Å². The average molecular weight is 374 g/mol. The molecule has 0 heterocycles. The lowest BCUT2D eigenvalue weighted by Gasteiger charge is -2.20. The Balaban J connectivity index is 1.60. The Kier molecular flexibility index (Phi) is 6.49. The van der Waals surface area contributed by atoms with Gasteiger partial charge < -0.3 is 10.6 Å². The minimum Gasteiger partial charge on any atom is -0.386 e. The van der Waals surface area contributed by atoms with Gasteiger partial charge in [-0.2, -0.15) is 5.26 Å². The summed E-state index contributed by atoms with van der Waals surface area (Å²) in [5.74, 6) is -0.357. The van der Waals surface area contributed by atoms with Crippen LogP contribution in [0.3, 0.4) is 0 Å². The van der Waals surface area contributed by atoms with Crippen LogP contribution in [0.4, 0.5) is 0 Å². The maximum Gasteiger partial charge on any atom is 0.263 e. The van der Waals surface area contributed by atoms with Crippen LogP contribution in [0, 0.1) is 18.3 Å². The predicted molar refractivity (Wildman–Crippen MR) is 111 cm³/mol. The third-order valence-corrected chi connectivity index (χ3v) is 5.22. The van der Waals surface area contributed by atoms with E-state index in [9.17, 15) is 10.1 Å². The second-order valence-electron chi connectivity index (χ2n) is 7.47. The minimum absolute atomic E-state index is 0.0810. The van der Waals surface area contributed by atoms with E-state index >= 15 is 0 Å². The maximum atomic E-state index is 12.5. The number of nitrogens with one attached hydrogen (secondary N) is 2. The molecule has 0 radical (unpaired) electrons. The Labute approximate surface area is 167 Å². The lowest BCUT2D eigenvalue weighted by molar-refractivity contribution is -0.117. The molecule has 2 N–H and O–H groups in total. The normalized spacial score (nSPS) is 14.5. The summed E-state index contributed by atoms with van der Waals surface area (Å²) < 4.78 is 0. The molecule has 0 aliphatic heterocycles. The smallest absolute Gasteiger partial charge is 0.263 e. The molecule has 4 heteroatoms. The fourth-order valence-corrected chi connectivity index (χ4v) is 3.62. The van der Waals surface area contributed by atoms with E-state index in [0.29, 0.717) is 6.54 Å². The van der Waals surface area contributed by atoms with Gasteiger partial charge in [-0.15, -0.1) is 0 Å². The third-order valence-electron chi connectivity index (χ3n) is 5.22. The molecule has 0 saturated heterocycles. The van der Waals surface area contributed by atoms with Crippen LogP contribution in [0.5, 0.6) is 0 Å². The van der Waals surface area contributed by atoms with Crippen molar-refractivity contribution in [1.29, 1.82) is 5.26 Å². The molecule has 2 aromatic rings. The van der Waals surface area contributed by atoms with Crippen LogP contribution in [0.1, 0.15) is 53.6 Å². The topological polar surface area (TPSA) is 64.9 Å². The van der Waals surface area contributed by atoms with Crippen molar-refractivity contribution < 1.29 is 4.79 Å². The molecule has 0 aromatic heterocycles. The van der Waals surface area contributed by atoms with Crippen molar-refractivity contribution in [3.05, 3.63) is 82.1 Å². The van der Waals surface area contributed by atoms with Crippen molar-refractivity contribution in [2.45, 2.75) is 52.1 Å². The fraction of sp³-hybridized carbons (Fsp3) is 0.333. The summed E-state index contributed by atoms with van der Waals surface area (Å²) >= 11 is 0. The molecule has 1 amide bonds. The molecular formula is C24H27N3O. The highest BCUT2D eigenvalue weighted by Crippen LogP contribution is 2.24. The van der Waals surface area contributed by atoms with Crippen LogP contribution < -0.4 is 10.6 Å². The monoisotopic (exact) mass is 373 g/mol. The van der Waals surface area contributed by atoms with E-state index in [1.165, 1.54) is 35.7 Å². The Bertz CT molecular complexity index is 924. The number of aryl methyl sites for hydroxylation is 3. The van der Waals surface area contributed by atoms with E-state index in [2.05, 4.69) is 34.9 Å². The molecule has 0 saturated carbocycles. The zero-order chi connectivity index (χ0) is 19.9. The van der Waals surface area contributed by atoms with E-state index in [4.69, 9.17) is 0 Å². The zero-order valence-corrected chi connectivity index (χ0v) is 16.6. The molecule has 3 rings (SSSR count). The number of hydrogen-bond donors (Lipinski definition) is 2. The van der Waals surface area contributed by atoms with Gasteiger partial charge >= 0.3 is 0 Å². The number of rotatable bonds is 6. The molecule has 2 aromatic carbocycles. The van der Waals surface area contributed by atoms with Gasteiger partial charge in [0.15, 0.2) is 0 Å². The van der Waals surface area contributed by atoms with E-state index in [-0.39, 0.29) is 17.5 Å². The van der Waals surface area contributed by atoms with Crippen molar-refractivity contribution in [2.75, 3.05) is 0 Å². The highest BCUT2D eigenvalue weighted by molar-refractivity contribution is 5.97. The van der Waals surface area contributed by atoms with Gasteiger partial charge in [0.25, 0.3) is 5.91 Å². The summed E-state index contributed by atoms with van der Waals surface area (Å²) in [6.07, 6.45) is 6.23. The van der Waals surface area contributed by atoms with Crippen LogP contribution >= 0.6 is 0 Å². The van der Waals surface area contributed by atoms with Crippen LogP contribution in [0.25, 0.3) is 0 Å². The number of nitriles is 1. The maximum absolute atomic E-state index is 12.5.